The molecule has 50 heavy (non-hydrogen) atoms. The zero-order valence-corrected chi connectivity index (χ0v) is 31.2. The average molecular weight is 800 g/mol. The Kier molecular flexibility index (Phi) is 11.4. The fraction of sp³-hybridized carbons (Fsp3) is 0.433. The van der Waals surface area contributed by atoms with Crippen LogP contribution >= 0.6 is 23.7 Å². The van der Waals surface area contributed by atoms with E-state index in [1.165, 1.54) is 32.2 Å². The van der Waals surface area contributed by atoms with Crippen molar-refractivity contribution in [3.8, 4) is 5.75 Å². The molecule has 17 nitrogen and oxygen atoms in total. The summed E-state index contributed by atoms with van der Waals surface area (Å²) in [5.41, 5.74) is 5.62. The number of hydrogen-bond acceptors (Lipinski definition) is 14. The van der Waals surface area contributed by atoms with Gasteiger partial charge in [0.25, 0.3) is 0 Å². The minimum Gasteiger partial charge on any atom is -0.459 e. The maximum atomic E-state index is 14.3. The second-order valence-electron chi connectivity index (χ2n) is 12.4. The van der Waals surface area contributed by atoms with Crippen molar-refractivity contribution in [3.63, 3.8) is 0 Å². The lowest BCUT2D eigenvalue weighted by atomic mass is 10.0. The minimum absolute atomic E-state index is 0.000454. The third-order valence-corrected chi connectivity index (χ3v) is 10.6. The van der Waals surface area contributed by atoms with Crippen LogP contribution in [0, 0.1) is 5.92 Å². The number of amidine groups is 1. The van der Waals surface area contributed by atoms with Gasteiger partial charge in [-0.2, -0.15) is 5.09 Å². The number of rotatable bonds is 13. The van der Waals surface area contributed by atoms with Crippen LogP contribution in [0.15, 0.2) is 70.4 Å². The maximum absolute atomic E-state index is 14.3. The lowest BCUT2D eigenvalue weighted by Crippen LogP contribution is -2.47. The minimum atomic E-state index is -4.35. The number of aromatic nitrogens is 2. The summed E-state index contributed by atoms with van der Waals surface area (Å²) >= 11 is 3.36. The van der Waals surface area contributed by atoms with Gasteiger partial charge >= 0.3 is 13.7 Å². The Balaban J connectivity index is 1.33. The van der Waals surface area contributed by atoms with Crippen molar-refractivity contribution in [2.75, 3.05) is 25.2 Å². The number of nitrogens with zero attached hydrogens (tertiary/aromatic N) is 4. The van der Waals surface area contributed by atoms with E-state index in [2.05, 4.69) is 41.1 Å². The fourth-order valence-corrected chi connectivity index (χ4v) is 7.82. The zero-order valence-electron chi connectivity index (χ0n) is 27.9. The van der Waals surface area contributed by atoms with E-state index in [0.29, 0.717) is 5.82 Å². The van der Waals surface area contributed by atoms with Crippen molar-refractivity contribution in [3.05, 3.63) is 76.7 Å². The predicted molar refractivity (Wildman–Crippen MR) is 187 cm³/mol. The zero-order chi connectivity index (χ0) is 36.4. The first kappa shape index (κ1) is 37.9. The van der Waals surface area contributed by atoms with E-state index in [0.717, 1.165) is 16.3 Å². The van der Waals surface area contributed by atoms with Crippen molar-refractivity contribution in [2.45, 2.75) is 57.6 Å². The Morgan fingerprint density at radius 2 is 1.90 bits per heavy atom. The monoisotopic (exact) mass is 798 g/mol. The summed E-state index contributed by atoms with van der Waals surface area (Å²) in [7, 11) is -6.53. The molecule has 6 atom stereocenters. The van der Waals surface area contributed by atoms with Crippen LogP contribution in [-0.4, -0.2) is 83.8 Å². The molecule has 0 bridgehead atoms. The molecule has 5 rings (SSSR count). The molecule has 272 valence electrons. The smallest absolute Gasteiger partial charge is 0.459 e. The molecule has 0 saturated carbocycles. The van der Waals surface area contributed by atoms with E-state index in [-0.39, 0.29) is 23.9 Å². The molecule has 1 aromatic heterocycles. The number of halogens is 1. The Morgan fingerprint density at radius 1 is 1.22 bits per heavy atom. The number of aliphatic hydroxyl groups is 1. The number of hydrogen-bond donors (Lipinski definition) is 5. The van der Waals surface area contributed by atoms with E-state index < -0.39 is 66.5 Å². The van der Waals surface area contributed by atoms with Crippen molar-refractivity contribution >= 4 is 51.3 Å². The number of anilines is 1. The van der Waals surface area contributed by atoms with Gasteiger partial charge in [-0.25, -0.2) is 23.0 Å². The number of esters is 1. The topological polar surface area (TPSA) is 221 Å². The Bertz CT molecular complexity index is 1860. The third kappa shape index (κ3) is 9.09. The molecule has 1 fully saturated rings. The summed E-state index contributed by atoms with van der Waals surface area (Å²) in [5, 5.41) is 18.1. The number of hydrazine groups is 1. The highest BCUT2D eigenvalue weighted by Gasteiger charge is 2.46. The van der Waals surface area contributed by atoms with Crippen LogP contribution in [0.1, 0.15) is 38.3 Å². The lowest BCUT2D eigenvalue weighted by Gasteiger charge is -2.30. The van der Waals surface area contributed by atoms with Gasteiger partial charge < -0.3 is 24.4 Å². The summed E-state index contributed by atoms with van der Waals surface area (Å²) in [4.78, 5) is 24.2. The molecule has 0 aliphatic carbocycles. The fourth-order valence-electron chi connectivity index (χ4n) is 5.29. The second-order valence-corrected chi connectivity index (χ2v) is 16.7. The van der Waals surface area contributed by atoms with Crippen molar-refractivity contribution in [1.29, 1.82) is 0 Å². The van der Waals surface area contributed by atoms with Crippen LogP contribution in [0.4, 0.5) is 5.82 Å². The second kappa shape index (κ2) is 15.1. The Labute approximate surface area is 298 Å². The van der Waals surface area contributed by atoms with E-state index >= 15 is 0 Å². The number of carbonyl (C=O) groups is 1. The number of imidazole rings is 1. The Morgan fingerprint density at radius 3 is 2.56 bits per heavy atom. The summed E-state index contributed by atoms with van der Waals surface area (Å²) in [6, 6.07) is 15.6. The van der Waals surface area contributed by atoms with Gasteiger partial charge in [-0.1, -0.05) is 53.2 Å². The predicted octanol–water partition coefficient (Wildman–Crippen LogP) is 2.67. The number of benzene rings is 2. The van der Waals surface area contributed by atoms with Gasteiger partial charge in [0.05, 0.1) is 25.3 Å². The van der Waals surface area contributed by atoms with Crippen molar-refractivity contribution in [1.82, 2.24) is 24.5 Å². The van der Waals surface area contributed by atoms with Crippen LogP contribution in [0.5, 0.6) is 5.75 Å². The number of fused-ring (bicyclic) bond motifs is 1. The molecular weight excluding hydrogens is 759 g/mol. The summed E-state index contributed by atoms with van der Waals surface area (Å²) in [6.07, 6.45) is -1.44. The molecule has 3 heterocycles. The van der Waals surface area contributed by atoms with E-state index in [4.69, 9.17) is 24.3 Å². The highest BCUT2D eigenvalue weighted by atomic mass is 79.9. The van der Waals surface area contributed by atoms with Gasteiger partial charge in [0, 0.05) is 17.4 Å². The van der Waals surface area contributed by atoms with Gasteiger partial charge in [0.1, 0.15) is 41.7 Å². The third-order valence-electron chi connectivity index (χ3n) is 7.72. The summed E-state index contributed by atoms with van der Waals surface area (Å²) < 4.78 is 63.8. The van der Waals surface area contributed by atoms with Crippen LogP contribution in [-0.2, 0) is 40.0 Å². The number of ether oxygens (including phenoxy) is 2. The van der Waals surface area contributed by atoms with Crippen molar-refractivity contribution in [2.24, 2.45) is 16.6 Å². The molecule has 20 heteroatoms. The summed E-state index contributed by atoms with van der Waals surface area (Å²) in [6.45, 7) is 4.32. The van der Waals surface area contributed by atoms with Gasteiger partial charge in [0.15, 0.2) is 12.1 Å². The molecule has 2 aliphatic rings. The normalized spacial score (nSPS) is 23.3. The average Bonchev–Trinajstić information content (AvgIpc) is 3.58. The molecule has 1 saturated heterocycles. The quantitative estimate of drug-likeness (QED) is 0.0954. The number of sulfonamides is 1. The van der Waals surface area contributed by atoms with Gasteiger partial charge in [0.2, 0.25) is 10.0 Å². The first-order valence-electron chi connectivity index (χ1n) is 15.4. The molecule has 4 unspecified atom stereocenters. The maximum Gasteiger partial charge on any atom is 0.459 e. The lowest BCUT2D eigenvalue weighted by molar-refractivity contribution is -0.151. The van der Waals surface area contributed by atoms with Crippen LogP contribution in [0.3, 0.4) is 0 Å². The largest absolute Gasteiger partial charge is 0.459 e. The van der Waals surface area contributed by atoms with Crippen LogP contribution in [0.25, 0.3) is 0 Å². The van der Waals surface area contributed by atoms with Crippen molar-refractivity contribution < 1.29 is 41.4 Å². The number of carbonyl (C=O) groups excluding carboxylic acids is 1. The van der Waals surface area contributed by atoms with Gasteiger partial charge in [-0.3, -0.25) is 24.6 Å². The van der Waals surface area contributed by atoms with E-state index in [1.807, 2.05) is 30.3 Å². The molecule has 0 radical (unpaired) electrons. The molecule has 2 aromatic carbocycles. The molecule has 0 spiro atoms. The van der Waals surface area contributed by atoms with Gasteiger partial charge in [-0.15, -0.1) is 4.83 Å². The highest BCUT2D eigenvalue weighted by Crippen LogP contribution is 2.48. The molecular formula is C30H40BrN8O9PS. The van der Waals surface area contributed by atoms with E-state index in [9.17, 15) is 22.9 Å². The van der Waals surface area contributed by atoms with Crippen LogP contribution in [0.2, 0.25) is 0 Å². The number of nitrogens with one attached hydrogen (secondary N) is 3. The molecule has 0 amide bonds. The SMILES string of the molecule is CC1C(n2cnc3c2NC(N)N=C3N(C)NS(C)(=O)=O)O[C@H](COP(=O)(NC(C)(C)C(=O)OCc2ccccc2)Oc2ccc(Br)cc2)[C@H]1O. The standard InChI is InChI=1S/C30H40BrN8O9PS/c1-18-24(40)22(47-27(18)39-17-33-23-25(34-29(32)35-26(23)39)38(4)37-50(5,43)44)16-46-49(42,48-21-13-11-20(31)12-14-21)36-30(2,3)28(41)45-15-19-9-7-6-8-10-19/h6-14,17-18,22,24,27,29,35,37,40H,15-16,32H2,1-5H3,(H,36,42)/t18?,22-,24+,27?,29?,49?/m1/s1. The Hall–Kier alpha value is -3.39. The summed E-state index contributed by atoms with van der Waals surface area (Å²) in [5.74, 6) is -0.526. The van der Waals surface area contributed by atoms with E-state index in [1.54, 1.807) is 35.8 Å². The van der Waals surface area contributed by atoms with Gasteiger partial charge in [-0.05, 0) is 43.7 Å². The first-order chi connectivity index (χ1) is 23.4. The molecule has 3 aromatic rings. The first-order valence-corrected chi connectivity index (χ1v) is 19.6. The number of aliphatic imine (C=N–C) groups is 1. The van der Waals surface area contributed by atoms with Crippen LogP contribution < -0.4 is 25.5 Å². The molecule has 6 N–H and O–H groups in total. The number of aliphatic hydroxyl groups excluding tert-OH is 1. The highest BCUT2D eigenvalue weighted by molar-refractivity contribution is 9.10. The number of nitrogens with two attached hydrogens (primary N) is 1. The molecule has 2 aliphatic heterocycles.